The molecule has 0 fully saturated rings. The Morgan fingerprint density at radius 3 is 2.67 bits per heavy atom. The summed E-state index contributed by atoms with van der Waals surface area (Å²) in [5.41, 5.74) is 6.30. The number of hydrogen-bond acceptors (Lipinski definition) is 4. The van der Waals surface area contributed by atoms with Crippen LogP contribution in [0.25, 0.3) is 0 Å². The van der Waals surface area contributed by atoms with E-state index >= 15 is 0 Å². The topological polar surface area (TPSA) is 73.6 Å². The summed E-state index contributed by atoms with van der Waals surface area (Å²) in [7, 11) is 1.54. The lowest BCUT2D eigenvalue weighted by atomic mass is 10.2. The molecule has 0 bridgehead atoms. The molecular weight excluding hydrogens is 268 g/mol. The average Bonchev–Trinajstić information content (AvgIpc) is 2.42. The highest BCUT2D eigenvalue weighted by Crippen LogP contribution is 2.25. The van der Waals surface area contributed by atoms with Gasteiger partial charge in [0.05, 0.1) is 24.9 Å². The standard InChI is InChI=1S/C16H22N2O3/c1-16(2,3)21-11-15(19)18-13-10-12(6-5-9-17)7-8-14(13)20-4/h7-8,10H,9,11,17H2,1-4H3,(H,18,19). The zero-order valence-corrected chi connectivity index (χ0v) is 12.9. The van der Waals surface area contributed by atoms with Gasteiger partial charge < -0.3 is 20.5 Å². The van der Waals surface area contributed by atoms with E-state index in [4.69, 9.17) is 15.2 Å². The number of carbonyl (C=O) groups is 1. The van der Waals surface area contributed by atoms with E-state index in [1.807, 2.05) is 26.8 Å². The minimum Gasteiger partial charge on any atom is -0.495 e. The van der Waals surface area contributed by atoms with E-state index in [0.29, 0.717) is 11.4 Å². The lowest BCUT2D eigenvalue weighted by Gasteiger charge is -2.19. The molecule has 0 spiro atoms. The lowest BCUT2D eigenvalue weighted by molar-refractivity contribution is -0.125. The third-order valence-corrected chi connectivity index (χ3v) is 2.44. The zero-order valence-electron chi connectivity index (χ0n) is 12.9. The second-order valence-corrected chi connectivity index (χ2v) is 5.37. The molecule has 0 aliphatic carbocycles. The molecule has 1 rings (SSSR count). The molecule has 0 heterocycles. The molecule has 0 aliphatic rings. The fourth-order valence-electron chi connectivity index (χ4n) is 1.50. The maximum atomic E-state index is 11.9. The number of anilines is 1. The maximum Gasteiger partial charge on any atom is 0.250 e. The molecule has 0 aromatic heterocycles. The average molecular weight is 290 g/mol. The molecule has 0 radical (unpaired) electrons. The van der Waals surface area contributed by atoms with Gasteiger partial charge in [-0.15, -0.1) is 0 Å². The number of carbonyl (C=O) groups excluding carboxylic acids is 1. The van der Waals surface area contributed by atoms with Crippen LogP contribution >= 0.6 is 0 Å². The van der Waals surface area contributed by atoms with Crippen LogP contribution in [0.1, 0.15) is 26.3 Å². The molecule has 3 N–H and O–H groups in total. The second-order valence-electron chi connectivity index (χ2n) is 5.37. The molecule has 114 valence electrons. The normalized spacial score (nSPS) is 10.5. The molecule has 21 heavy (non-hydrogen) atoms. The first-order valence-corrected chi connectivity index (χ1v) is 6.66. The molecule has 1 amide bonds. The SMILES string of the molecule is COc1ccc(C#CCN)cc1NC(=O)COC(C)(C)C. The molecule has 1 aromatic rings. The van der Waals surface area contributed by atoms with Crippen LogP contribution < -0.4 is 15.8 Å². The van der Waals surface area contributed by atoms with Gasteiger partial charge in [-0.05, 0) is 39.0 Å². The van der Waals surface area contributed by atoms with Crippen molar-refractivity contribution in [3.8, 4) is 17.6 Å². The van der Waals surface area contributed by atoms with Crippen LogP contribution in [0.4, 0.5) is 5.69 Å². The van der Waals surface area contributed by atoms with E-state index in [2.05, 4.69) is 17.2 Å². The smallest absolute Gasteiger partial charge is 0.250 e. The van der Waals surface area contributed by atoms with E-state index in [-0.39, 0.29) is 24.7 Å². The van der Waals surface area contributed by atoms with Crippen LogP contribution in [-0.2, 0) is 9.53 Å². The minimum atomic E-state index is -0.365. The molecule has 0 atom stereocenters. The van der Waals surface area contributed by atoms with Crippen molar-refractivity contribution in [1.82, 2.24) is 0 Å². The Bertz CT molecular complexity index is 551. The Morgan fingerprint density at radius 1 is 1.38 bits per heavy atom. The van der Waals surface area contributed by atoms with Crippen molar-refractivity contribution in [3.05, 3.63) is 23.8 Å². The summed E-state index contributed by atoms with van der Waals surface area (Å²) >= 11 is 0. The van der Waals surface area contributed by atoms with Crippen molar-refractivity contribution in [3.63, 3.8) is 0 Å². The van der Waals surface area contributed by atoms with E-state index in [1.165, 1.54) is 0 Å². The molecular formula is C16H22N2O3. The fraction of sp³-hybridized carbons (Fsp3) is 0.438. The van der Waals surface area contributed by atoms with Crippen LogP contribution in [0.2, 0.25) is 0 Å². The van der Waals surface area contributed by atoms with Crippen molar-refractivity contribution in [2.24, 2.45) is 5.73 Å². The highest BCUT2D eigenvalue weighted by molar-refractivity contribution is 5.93. The molecule has 0 unspecified atom stereocenters. The van der Waals surface area contributed by atoms with Gasteiger partial charge >= 0.3 is 0 Å². The molecule has 0 saturated heterocycles. The quantitative estimate of drug-likeness (QED) is 0.829. The van der Waals surface area contributed by atoms with Crippen LogP contribution in [0, 0.1) is 11.8 Å². The molecule has 0 saturated carbocycles. The van der Waals surface area contributed by atoms with Crippen LogP contribution in [0.15, 0.2) is 18.2 Å². The molecule has 5 nitrogen and oxygen atoms in total. The van der Waals surface area contributed by atoms with E-state index in [9.17, 15) is 4.79 Å². The van der Waals surface area contributed by atoms with Crippen molar-refractivity contribution in [2.45, 2.75) is 26.4 Å². The Kier molecular flexibility index (Phi) is 6.22. The minimum absolute atomic E-state index is 0.0225. The predicted octanol–water partition coefficient (Wildman–Crippen LogP) is 1.76. The lowest BCUT2D eigenvalue weighted by Crippen LogP contribution is -2.27. The first-order valence-electron chi connectivity index (χ1n) is 6.66. The molecule has 5 heteroatoms. The number of nitrogens with one attached hydrogen (secondary N) is 1. The van der Waals surface area contributed by atoms with Gasteiger partial charge in [-0.1, -0.05) is 11.8 Å². The third-order valence-electron chi connectivity index (χ3n) is 2.44. The van der Waals surface area contributed by atoms with Gasteiger partial charge in [0.2, 0.25) is 5.91 Å². The Morgan fingerprint density at radius 2 is 2.10 bits per heavy atom. The first-order chi connectivity index (χ1) is 9.85. The zero-order chi connectivity index (χ0) is 15.9. The van der Waals surface area contributed by atoms with Crippen molar-refractivity contribution in [1.29, 1.82) is 0 Å². The van der Waals surface area contributed by atoms with E-state index < -0.39 is 0 Å². The van der Waals surface area contributed by atoms with Gasteiger partial charge in [0.25, 0.3) is 0 Å². The highest BCUT2D eigenvalue weighted by Gasteiger charge is 2.14. The Labute approximate surface area is 125 Å². The monoisotopic (exact) mass is 290 g/mol. The summed E-state index contributed by atoms with van der Waals surface area (Å²) in [5.74, 6) is 6.00. The summed E-state index contributed by atoms with van der Waals surface area (Å²) in [5, 5.41) is 2.76. The van der Waals surface area contributed by atoms with Gasteiger partial charge in [-0.3, -0.25) is 4.79 Å². The number of amides is 1. The Balaban J connectivity index is 2.82. The molecule has 1 aromatic carbocycles. The van der Waals surface area contributed by atoms with Gasteiger partial charge in [0.1, 0.15) is 12.4 Å². The number of methoxy groups -OCH3 is 1. The van der Waals surface area contributed by atoms with Crippen LogP contribution in [0.5, 0.6) is 5.75 Å². The van der Waals surface area contributed by atoms with Crippen molar-refractivity contribution < 1.29 is 14.3 Å². The van der Waals surface area contributed by atoms with E-state index in [1.54, 1.807) is 19.2 Å². The summed E-state index contributed by atoms with van der Waals surface area (Å²) in [6.45, 7) is 5.94. The first kappa shape index (κ1) is 17.0. The summed E-state index contributed by atoms with van der Waals surface area (Å²) in [4.78, 5) is 11.9. The largest absolute Gasteiger partial charge is 0.495 e. The predicted molar refractivity (Wildman–Crippen MR) is 83.3 cm³/mol. The highest BCUT2D eigenvalue weighted by atomic mass is 16.5. The summed E-state index contributed by atoms with van der Waals surface area (Å²) < 4.78 is 10.7. The number of nitrogens with two attached hydrogens (primary N) is 1. The van der Waals surface area contributed by atoms with Gasteiger partial charge in [-0.25, -0.2) is 0 Å². The third kappa shape index (κ3) is 6.30. The van der Waals surface area contributed by atoms with Crippen LogP contribution in [-0.4, -0.2) is 31.8 Å². The van der Waals surface area contributed by atoms with Gasteiger partial charge in [0, 0.05) is 5.56 Å². The van der Waals surface area contributed by atoms with Crippen molar-refractivity contribution in [2.75, 3.05) is 25.6 Å². The number of hydrogen-bond donors (Lipinski definition) is 2. The molecule has 0 aliphatic heterocycles. The van der Waals surface area contributed by atoms with Gasteiger partial charge in [0.15, 0.2) is 0 Å². The van der Waals surface area contributed by atoms with Gasteiger partial charge in [-0.2, -0.15) is 0 Å². The Hall–Kier alpha value is -2.03. The van der Waals surface area contributed by atoms with Crippen LogP contribution in [0.3, 0.4) is 0 Å². The van der Waals surface area contributed by atoms with Crippen molar-refractivity contribution >= 4 is 11.6 Å². The fourth-order valence-corrected chi connectivity index (χ4v) is 1.50. The summed E-state index contributed by atoms with van der Waals surface area (Å²) in [6, 6.07) is 5.31. The number of ether oxygens (including phenoxy) is 2. The number of rotatable bonds is 4. The number of benzene rings is 1. The summed E-state index contributed by atoms with van der Waals surface area (Å²) in [6.07, 6.45) is 0. The maximum absolute atomic E-state index is 11.9. The van der Waals surface area contributed by atoms with E-state index in [0.717, 1.165) is 5.56 Å². The second kappa shape index (κ2) is 7.67.